The highest BCUT2D eigenvalue weighted by Gasteiger charge is 2.25. The van der Waals surface area contributed by atoms with Gasteiger partial charge in [-0.2, -0.15) is 0 Å². The van der Waals surface area contributed by atoms with E-state index in [1.807, 2.05) is 0 Å². The second kappa shape index (κ2) is 10.9. The zero-order chi connectivity index (χ0) is 22.4. The van der Waals surface area contributed by atoms with Crippen molar-refractivity contribution in [3.63, 3.8) is 0 Å². The number of ether oxygens (including phenoxy) is 2. The summed E-state index contributed by atoms with van der Waals surface area (Å²) < 4.78 is 12.3. The Hall–Kier alpha value is -1.96. The molecule has 0 aromatic carbocycles. The van der Waals surface area contributed by atoms with Gasteiger partial charge in [-0.15, -0.1) is 0 Å². The molecule has 2 aromatic heterocycles. The number of fused-ring (bicyclic) bond motifs is 1. The molecule has 0 bridgehead atoms. The summed E-state index contributed by atoms with van der Waals surface area (Å²) in [6.07, 6.45) is 1.23. The third kappa shape index (κ3) is 5.59. The number of aliphatic hydroxyl groups is 4. The first kappa shape index (κ1) is 24.3. The van der Waals surface area contributed by atoms with Gasteiger partial charge in [-0.25, -0.2) is 9.97 Å². The van der Waals surface area contributed by atoms with Crippen LogP contribution >= 0.6 is 24.0 Å². The van der Waals surface area contributed by atoms with Crippen molar-refractivity contribution in [2.45, 2.75) is 44.0 Å². The van der Waals surface area contributed by atoms with E-state index in [-0.39, 0.29) is 23.4 Å². The summed E-state index contributed by atoms with van der Waals surface area (Å²) in [5.41, 5.74) is 6.81. The van der Waals surface area contributed by atoms with Gasteiger partial charge in [0.15, 0.2) is 10.2 Å². The number of nitrogens with zero attached hydrogens (tertiary/aromatic N) is 3. The van der Waals surface area contributed by atoms with Gasteiger partial charge in [0.25, 0.3) is 0 Å². The van der Waals surface area contributed by atoms with E-state index < -0.39 is 24.9 Å². The molecule has 0 saturated carbocycles. The molecule has 2 rings (SSSR count). The van der Waals surface area contributed by atoms with Crippen LogP contribution in [0.25, 0.3) is 16.8 Å². The Bertz CT molecular complexity index is 918. The molecule has 0 radical (unpaired) electrons. The Kier molecular flexibility index (Phi) is 8.82. The fraction of sp³-hybridized carbons (Fsp3) is 0.500. The van der Waals surface area contributed by atoms with Gasteiger partial charge in [0.05, 0.1) is 24.7 Å². The number of aliphatic hydroxyl groups excluding tert-OH is 4. The van der Waals surface area contributed by atoms with Crippen molar-refractivity contribution in [2.24, 2.45) is 0 Å². The lowest BCUT2D eigenvalue weighted by atomic mass is 10.1. The summed E-state index contributed by atoms with van der Waals surface area (Å²) in [7, 11) is 0. The quantitative estimate of drug-likeness (QED) is 0.114. The van der Waals surface area contributed by atoms with Crippen molar-refractivity contribution < 1.29 is 29.9 Å². The number of nitrogens with two attached hydrogens (primary N) is 1. The second-order valence-electron chi connectivity index (χ2n) is 6.34. The molecule has 10 nitrogen and oxygen atoms in total. The average molecular weight is 459 g/mol. The van der Waals surface area contributed by atoms with Gasteiger partial charge in [-0.3, -0.25) is 0 Å². The maximum absolute atomic E-state index is 10.6. The highest BCUT2D eigenvalue weighted by molar-refractivity contribution is 7.98. The molecule has 0 fully saturated rings. The molecule has 30 heavy (non-hydrogen) atoms. The molecule has 166 valence electrons. The van der Waals surface area contributed by atoms with Gasteiger partial charge in [-0.05, 0) is 32.3 Å². The Morgan fingerprint density at radius 3 is 2.67 bits per heavy atom. The first-order valence-corrected chi connectivity index (χ1v) is 10.7. The predicted molar refractivity (Wildman–Crippen MR) is 118 cm³/mol. The first-order chi connectivity index (χ1) is 14.2. The minimum Gasteiger partial charge on any atom is -0.507 e. The highest BCUT2D eigenvalue weighted by atomic mass is 32.2. The lowest BCUT2D eigenvalue weighted by Gasteiger charge is -2.23. The topological polar surface area (TPSA) is 156 Å². The second-order valence-corrected chi connectivity index (χ2v) is 7.51. The number of hydrogen-bond donors (Lipinski definition) is 5. The highest BCUT2D eigenvalue weighted by Crippen LogP contribution is 2.30. The summed E-state index contributed by atoms with van der Waals surface area (Å²) in [6.45, 7) is 2.88. The molecule has 2 heterocycles. The Morgan fingerprint density at radius 2 is 2.10 bits per heavy atom. The van der Waals surface area contributed by atoms with E-state index in [1.165, 1.54) is 24.8 Å². The Morgan fingerprint density at radius 1 is 1.40 bits per heavy atom. The average Bonchev–Trinajstić information content (AvgIpc) is 3.07. The van der Waals surface area contributed by atoms with Gasteiger partial charge in [0, 0.05) is 17.8 Å². The number of nitrogen functional groups attached to an aromatic ring is 1. The molecule has 2 aromatic rings. The lowest BCUT2D eigenvalue weighted by Crippen LogP contribution is -2.40. The van der Waals surface area contributed by atoms with Gasteiger partial charge in [0.1, 0.15) is 36.2 Å². The first-order valence-electron chi connectivity index (χ1n) is 9.10. The Labute approximate surface area is 183 Å². The molecule has 0 aliphatic rings. The van der Waals surface area contributed by atoms with E-state index >= 15 is 0 Å². The molecule has 0 saturated heterocycles. The lowest BCUT2D eigenvalue weighted by molar-refractivity contribution is -0.119. The minimum atomic E-state index is -1.28. The van der Waals surface area contributed by atoms with Crippen LogP contribution in [0.3, 0.4) is 0 Å². The van der Waals surface area contributed by atoms with E-state index in [1.54, 1.807) is 23.9 Å². The molecule has 12 heteroatoms. The number of thioether (sulfide) groups is 1. The molecular weight excluding hydrogens is 432 g/mol. The molecule has 0 aliphatic heterocycles. The fourth-order valence-corrected chi connectivity index (χ4v) is 3.29. The maximum atomic E-state index is 10.6. The molecule has 6 N–H and O–H groups in total. The summed E-state index contributed by atoms with van der Waals surface area (Å²) >= 11 is 6.34. The largest absolute Gasteiger partial charge is 0.507 e. The van der Waals surface area contributed by atoms with Crippen LogP contribution in [0.2, 0.25) is 0 Å². The molecular formula is C18H26N4O6S2. The van der Waals surface area contributed by atoms with Crippen molar-refractivity contribution >= 4 is 51.6 Å². The van der Waals surface area contributed by atoms with Crippen molar-refractivity contribution in [1.29, 1.82) is 0 Å². The van der Waals surface area contributed by atoms with Gasteiger partial charge in [0.2, 0.25) is 0 Å². The van der Waals surface area contributed by atoms with Crippen LogP contribution in [0.15, 0.2) is 17.4 Å². The molecule has 0 spiro atoms. The van der Waals surface area contributed by atoms with Crippen LogP contribution in [0.5, 0.6) is 0 Å². The van der Waals surface area contributed by atoms with Crippen LogP contribution in [-0.4, -0.2) is 77.8 Å². The number of anilines is 1. The van der Waals surface area contributed by atoms with Crippen molar-refractivity contribution in [3.05, 3.63) is 17.8 Å². The van der Waals surface area contributed by atoms with Crippen LogP contribution < -0.4 is 5.73 Å². The molecule has 0 amide bonds. The van der Waals surface area contributed by atoms with Crippen molar-refractivity contribution in [3.8, 4) is 0 Å². The van der Waals surface area contributed by atoms with Crippen LogP contribution in [0.4, 0.5) is 5.82 Å². The number of rotatable bonds is 10. The fourth-order valence-electron chi connectivity index (χ4n) is 2.70. The third-order valence-electron chi connectivity index (χ3n) is 4.21. The standard InChI is InChI=1S/C18H26N4O6S2/c1-4-27-13(29)5-11(25)10-6-22(8-28-12(7-23)15(26)9(2)24)17-14(10)16(19)20-18(21-17)30-3/h5-6,9,12,15,23-26H,4,7-8H2,1-3H3,(H2,19,20,21)/t9-,12+,15-/m0/s1. The Balaban J connectivity index is 2.48. The van der Waals surface area contributed by atoms with Gasteiger partial charge >= 0.3 is 0 Å². The van der Waals surface area contributed by atoms with E-state index in [9.17, 15) is 20.4 Å². The predicted octanol–water partition coefficient (Wildman–Crippen LogP) is 1.07. The molecule has 3 atom stereocenters. The third-order valence-corrected chi connectivity index (χ3v) is 4.99. The summed E-state index contributed by atoms with van der Waals surface area (Å²) in [6, 6.07) is 0. The van der Waals surface area contributed by atoms with Crippen LogP contribution in [0.1, 0.15) is 19.4 Å². The van der Waals surface area contributed by atoms with E-state index in [0.29, 0.717) is 28.4 Å². The zero-order valence-corrected chi connectivity index (χ0v) is 18.5. The summed E-state index contributed by atoms with van der Waals surface area (Å²) in [5.74, 6) is -0.0322. The van der Waals surface area contributed by atoms with Crippen molar-refractivity contribution in [1.82, 2.24) is 14.5 Å². The van der Waals surface area contributed by atoms with E-state index in [2.05, 4.69) is 9.97 Å². The minimum absolute atomic E-state index is 0.104. The SMILES string of the molecule is CCOC(=S)C=C(O)c1cn(CO[C@H](CO)[C@@H](O)[C@H](C)O)c2nc(SC)nc(N)c12. The summed E-state index contributed by atoms with van der Waals surface area (Å²) in [5, 5.41) is 40.5. The van der Waals surface area contributed by atoms with Crippen LogP contribution in [0, 0.1) is 0 Å². The van der Waals surface area contributed by atoms with Gasteiger partial charge in [-0.1, -0.05) is 11.8 Å². The van der Waals surface area contributed by atoms with E-state index in [0.717, 1.165) is 0 Å². The molecule has 0 unspecified atom stereocenters. The number of aromatic nitrogens is 3. The smallest absolute Gasteiger partial charge is 0.191 e. The normalized spacial score (nSPS) is 15.2. The molecule has 0 aliphatic carbocycles. The maximum Gasteiger partial charge on any atom is 0.191 e. The van der Waals surface area contributed by atoms with Crippen molar-refractivity contribution in [2.75, 3.05) is 25.2 Å². The number of hydrogen-bond acceptors (Lipinski definition) is 11. The monoisotopic (exact) mass is 458 g/mol. The zero-order valence-electron chi connectivity index (χ0n) is 16.8. The van der Waals surface area contributed by atoms with E-state index in [4.69, 9.17) is 27.4 Å². The van der Waals surface area contributed by atoms with Crippen LogP contribution in [-0.2, 0) is 16.2 Å². The summed E-state index contributed by atoms with van der Waals surface area (Å²) in [4.78, 5) is 8.65. The number of thiocarbonyl (C=S) groups is 1. The van der Waals surface area contributed by atoms with Gasteiger partial charge < -0.3 is 40.2 Å².